The highest BCUT2D eigenvalue weighted by molar-refractivity contribution is 9.10. The summed E-state index contributed by atoms with van der Waals surface area (Å²) in [6.07, 6.45) is 3.06. The standard InChI is InChI=1S/C18H24BrN5O/c1-3-20-17(21-10-7-16-23-13(2)24-25-16)22-12-18(8-9-18)14-5-4-6-15(19)11-14/h4-6,11H,3,7-10,12H2,1-2H3,(H2,20,21,22). The Bertz CT molecular complexity index is 739. The summed E-state index contributed by atoms with van der Waals surface area (Å²) in [7, 11) is 0. The molecule has 0 unspecified atom stereocenters. The van der Waals surface area contributed by atoms with Gasteiger partial charge in [-0.25, -0.2) is 0 Å². The summed E-state index contributed by atoms with van der Waals surface area (Å²) in [4.78, 5) is 9.02. The van der Waals surface area contributed by atoms with Crippen molar-refractivity contribution in [2.45, 2.75) is 38.5 Å². The van der Waals surface area contributed by atoms with E-state index in [-0.39, 0.29) is 5.41 Å². The second-order valence-corrected chi connectivity index (χ2v) is 7.31. The summed E-state index contributed by atoms with van der Waals surface area (Å²) < 4.78 is 6.26. The highest BCUT2D eigenvalue weighted by Crippen LogP contribution is 2.48. The zero-order valence-electron chi connectivity index (χ0n) is 14.7. The molecule has 3 rings (SSSR count). The fraction of sp³-hybridized carbons (Fsp3) is 0.500. The number of halogens is 1. The van der Waals surface area contributed by atoms with Gasteiger partial charge in [-0.3, -0.25) is 4.99 Å². The van der Waals surface area contributed by atoms with Gasteiger partial charge in [0.1, 0.15) is 0 Å². The minimum Gasteiger partial charge on any atom is -0.357 e. The highest BCUT2D eigenvalue weighted by atomic mass is 79.9. The number of benzene rings is 1. The van der Waals surface area contributed by atoms with Crippen molar-refractivity contribution in [2.75, 3.05) is 19.6 Å². The third kappa shape index (κ3) is 4.81. The van der Waals surface area contributed by atoms with E-state index in [0.717, 1.165) is 23.5 Å². The molecule has 0 spiro atoms. The van der Waals surface area contributed by atoms with Crippen LogP contribution in [0.5, 0.6) is 0 Å². The van der Waals surface area contributed by atoms with Gasteiger partial charge in [0.15, 0.2) is 11.8 Å². The van der Waals surface area contributed by atoms with Gasteiger partial charge in [0, 0.05) is 29.4 Å². The molecule has 1 aliphatic carbocycles. The van der Waals surface area contributed by atoms with Gasteiger partial charge in [0.05, 0.1) is 6.54 Å². The molecule has 0 bridgehead atoms. The lowest BCUT2D eigenvalue weighted by Crippen LogP contribution is -2.39. The van der Waals surface area contributed by atoms with Gasteiger partial charge in [-0.15, -0.1) is 0 Å². The first kappa shape index (κ1) is 17.9. The number of hydrogen-bond acceptors (Lipinski definition) is 4. The number of nitrogens with one attached hydrogen (secondary N) is 2. The maximum Gasteiger partial charge on any atom is 0.228 e. The van der Waals surface area contributed by atoms with Crippen molar-refractivity contribution in [3.8, 4) is 0 Å². The highest BCUT2D eigenvalue weighted by Gasteiger charge is 2.44. The van der Waals surface area contributed by atoms with Crippen LogP contribution >= 0.6 is 15.9 Å². The van der Waals surface area contributed by atoms with E-state index in [1.54, 1.807) is 0 Å². The Labute approximate surface area is 156 Å². The van der Waals surface area contributed by atoms with Gasteiger partial charge in [-0.05, 0) is 44.4 Å². The lowest BCUT2D eigenvalue weighted by Gasteiger charge is -2.16. The van der Waals surface area contributed by atoms with Crippen molar-refractivity contribution in [1.29, 1.82) is 0 Å². The van der Waals surface area contributed by atoms with E-state index in [1.807, 2.05) is 6.92 Å². The minimum absolute atomic E-state index is 0.190. The molecule has 0 atom stereocenters. The van der Waals surface area contributed by atoms with Gasteiger partial charge >= 0.3 is 0 Å². The van der Waals surface area contributed by atoms with Crippen LogP contribution in [0.2, 0.25) is 0 Å². The van der Waals surface area contributed by atoms with Gasteiger partial charge < -0.3 is 15.2 Å². The molecule has 1 saturated carbocycles. The molecule has 134 valence electrons. The topological polar surface area (TPSA) is 75.3 Å². The van der Waals surface area contributed by atoms with Crippen LogP contribution in [-0.2, 0) is 11.8 Å². The summed E-state index contributed by atoms with van der Waals surface area (Å²) in [5, 5.41) is 10.4. The van der Waals surface area contributed by atoms with Crippen molar-refractivity contribution < 1.29 is 4.52 Å². The van der Waals surface area contributed by atoms with Crippen molar-refractivity contribution in [2.24, 2.45) is 4.99 Å². The molecule has 0 radical (unpaired) electrons. The fourth-order valence-corrected chi connectivity index (χ4v) is 3.21. The molecule has 25 heavy (non-hydrogen) atoms. The fourth-order valence-electron chi connectivity index (χ4n) is 2.81. The molecule has 1 fully saturated rings. The average Bonchev–Trinajstić information content (AvgIpc) is 3.28. The Morgan fingerprint density at radius 2 is 2.20 bits per heavy atom. The third-order valence-corrected chi connectivity index (χ3v) is 4.87. The van der Waals surface area contributed by atoms with E-state index in [1.165, 1.54) is 18.4 Å². The third-order valence-electron chi connectivity index (χ3n) is 4.38. The number of rotatable bonds is 7. The summed E-state index contributed by atoms with van der Waals surface area (Å²) in [5.74, 6) is 2.15. The van der Waals surface area contributed by atoms with E-state index in [9.17, 15) is 0 Å². The predicted molar refractivity (Wildman–Crippen MR) is 102 cm³/mol. The van der Waals surface area contributed by atoms with Gasteiger partial charge in [0.25, 0.3) is 0 Å². The summed E-state index contributed by atoms with van der Waals surface area (Å²) >= 11 is 3.56. The molecule has 0 amide bonds. The molecule has 0 saturated heterocycles. The van der Waals surface area contributed by atoms with Gasteiger partial charge in [-0.2, -0.15) is 4.98 Å². The second kappa shape index (κ2) is 7.99. The van der Waals surface area contributed by atoms with Crippen LogP contribution in [0.15, 0.2) is 38.3 Å². The minimum atomic E-state index is 0.190. The molecule has 2 aromatic rings. The molecule has 1 aromatic heterocycles. The molecule has 6 nitrogen and oxygen atoms in total. The Morgan fingerprint density at radius 3 is 2.84 bits per heavy atom. The van der Waals surface area contributed by atoms with Crippen molar-refractivity contribution in [3.63, 3.8) is 0 Å². The Balaban J connectivity index is 1.58. The predicted octanol–water partition coefficient (Wildman–Crippen LogP) is 2.97. The first-order chi connectivity index (χ1) is 12.1. The normalized spacial score (nSPS) is 15.9. The van der Waals surface area contributed by atoms with Crippen molar-refractivity contribution in [1.82, 2.24) is 20.8 Å². The number of aromatic nitrogens is 2. The van der Waals surface area contributed by atoms with E-state index in [4.69, 9.17) is 9.52 Å². The summed E-state index contributed by atoms with van der Waals surface area (Å²) in [6.45, 7) is 6.22. The zero-order valence-corrected chi connectivity index (χ0v) is 16.3. The SMILES string of the molecule is CCNC(=NCC1(c2cccc(Br)c2)CC1)NCCc1nc(C)no1. The van der Waals surface area contributed by atoms with E-state index in [0.29, 0.717) is 24.7 Å². The molecule has 1 heterocycles. The van der Waals surface area contributed by atoms with Crippen LogP contribution in [0.4, 0.5) is 0 Å². The average molecular weight is 406 g/mol. The smallest absolute Gasteiger partial charge is 0.228 e. The van der Waals surface area contributed by atoms with Crippen LogP contribution in [-0.4, -0.2) is 35.7 Å². The zero-order chi connectivity index (χ0) is 17.7. The molecule has 2 N–H and O–H groups in total. The van der Waals surface area contributed by atoms with Crippen LogP contribution in [0.3, 0.4) is 0 Å². The van der Waals surface area contributed by atoms with E-state index >= 15 is 0 Å². The number of guanidine groups is 1. The Morgan fingerprint density at radius 1 is 1.36 bits per heavy atom. The van der Waals surface area contributed by atoms with E-state index < -0.39 is 0 Å². The molecule has 1 aliphatic rings. The molecule has 1 aromatic carbocycles. The lowest BCUT2D eigenvalue weighted by molar-refractivity contribution is 0.374. The van der Waals surface area contributed by atoms with Gasteiger partial charge in [0.2, 0.25) is 5.89 Å². The quantitative estimate of drug-likeness (QED) is 0.546. The van der Waals surface area contributed by atoms with Crippen molar-refractivity contribution >= 4 is 21.9 Å². The first-order valence-corrected chi connectivity index (χ1v) is 9.48. The van der Waals surface area contributed by atoms with Crippen LogP contribution in [0.1, 0.15) is 37.0 Å². The van der Waals surface area contributed by atoms with Gasteiger partial charge in [-0.1, -0.05) is 33.2 Å². The second-order valence-electron chi connectivity index (χ2n) is 6.40. The largest absolute Gasteiger partial charge is 0.357 e. The van der Waals surface area contributed by atoms with Crippen LogP contribution < -0.4 is 10.6 Å². The van der Waals surface area contributed by atoms with E-state index in [2.05, 4.69) is 67.9 Å². The Hall–Kier alpha value is -1.89. The molecule has 7 heteroatoms. The molecular formula is C18H24BrN5O. The van der Waals surface area contributed by atoms with Crippen LogP contribution in [0.25, 0.3) is 0 Å². The molecular weight excluding hydrogens is 382 g/mol. The Kier molecular flexibility index (Phi) is 5.73. The number of nitrogens with zero attached hydrogens (tertiary/aromatic N) is 3. The summed E-state index contributed by atoms with van der Waals surface area (Å²) in [5.41, 5.74) is 1.55. The lowest BCUT2D eigenvalue weighted by atomic mass is 9.96. The maximum absolute atomic E-state index is 5.13. The first-order valence-electron chi connectivity index (χ1n) is 8.69. The maximum atomic E-state index is 5.13. The number of aliphatic imine (C=N–C) groups is 1. The molecule has 0 aliphatic heterocycles. The monoisotopic (exact) mass is 405 g/mol. The number of hydrogen-bond donors (Lipinski definition) is 2. The van der Waals surface area contributed by atoms with Crippen LogP contribution in [0, 0.1) is 6.92 Å². The number of aryl methyl sites for hydroxylation is 1. The summed E-state index contributed by atoms with van der Waals surface area (Å²) in [6, 6.07) is 8.57. The van der Waals surface area contributed by atoms with Crippen molar-refractivity contribution in [3.05, 3.63) is 46.0 Å².